The number of hydrogen-bond acceptors (Lipinski definition) is 3. The first-order valence-corrected chi connectivity index (χ1v) is 8.18. The number of carbonyl (C=O) groups excluding carboxylic acids is 1. The third-order valence-corrected chi connectivity index (χ3v) is 4.27. The summed E-state index contributed by atoms with van der Waals surface area (Å²) < 4.78 is 18.9. The van der Waals surface area contributed by atoms with Crippen LogP contribution in [0, 0.1) is 5.82 Å². The molecule has 0 bridgehead atoms. The number of nitrogens with one attached hydrogen (secondary N) is 1. The van der Waals surface area contributed by atoms with Crippen LogP contribution in [0.1, 0.15) is 22.8 Å². The van der Waals surface area contributed by atoms with Gasteiger partial charge in [-0.05, 0) is 46.1 Å². The van der Waals surface area contributed by atoms with Crippen LogP contribution in [0.5, 0.6) is 0 Å². The molecular formula is C18H14BrFN2O2. The predicted octanol–water partition coefficient (Wildman–Crippen LogP) is 5.06. The molecule has 122 valence electrons. The Labute approximate surface area is 146 Å². The van der Waals surface area contributed by atoms with Crippen LogP contribution in [0.3, 0.4) is 0 Å². The zero-order valence-electron chi connectivity index (χ0n) is 12.8. The summed E-state index contributed by atoms with van der Waals surface area (Å²) in [5.41, 5.74) is 2.92. The van der Waals surface area contributed by atoms with Crippen molar-refractivity contribution in [2.75, 3.05) is 5.32 Å². The van der Waals surface area contributed by atoms with Gasteiger partial charge in [0, 0.05) is 16.1 Å². The smallest absolute Gasteiger partial charge is 0.259 e. The van der Waals surface area contributed by atoms with E-state index in [4.69, 9.17) is 4.52 Å². The summed E-state index contributed by atoms with van der Waals surface area (Å²) in [6.45, 7) is 2.09. The van der Waals surface area contributed by atoms with Gasteiger partial charge < -0.3 is 4.52 Å². The Morgan fingerprint density at radius 1 is 1.21 bits per heavy atom. The second-order valence-electron chi connectivity index (χ2n) is 5.21. The van der Waals surface area contributed by atoms with E-state index in [1.165, 1.54) is 17.7 Å². The van der Waals surface area contributed by atoms with Crippen molar-refractivity contribution in [3.8, 4) is 11.3 Å². The van der Waals surface area contributed by atoms with E-state index < -0.39 is 11.7 Å². The number of anilines is 1. The van der Waals surface area contributed by atoms with E-state index in [2.05, 4.69) is 33.3 Å². The van der Waals surface area contributed by atoms with Crippen molar-refractivity contribution in [1.29, 1.82) is 0 Å². The monoisotopic (exact) mass is 388 g/mol. The highest BCUT2D eigenvalue weighted by Crippen LogP contribution is 2.24. The highest BCUT2D eigenvalue weighted by Gasteiger charge is 2.14. The normalized spacial score (nSPS) is 10.6. The first-order chi connectivity index (χ1) is 11.6. The summed E-state index contributed by atoms with van der Waals surface area (Å²) in [6.07, 6.45) is 0.961. The molecule has 0 aliphatic heterocycles. The lowest BCUT2D eigenvalue weighted by Gasteiger charge is -2.03. The Hall–Kier alpha value is -2.47. The molecule has 6 heteroatoms. The van der Waals surface area contributed by atoms with Crippen LogP contribution in [0.2, 0.25) is 0 Å². The first kappa shape index (κ1) is 16.4. The molecule has 0 spiro atoms. The molecule has 0 aliphatic carbocycles. The van der Waals surface area contributed by atoms with E-state index >= 15 is 0 Å². The third kappa shape index (κ3) is 3.54. The number of aromatic nitrogens is 1. The van der Waals surface area contributed by atoms with E-state index in [9.17, 15) is 9.18 Å². The van der Waals surface area contributed by atoms with Crippen LogP contribution in [0.15, 0.2) is 57.5 Å². The minimum atomic E-state index is -0.488. The van der Waals surface area contributed by atoms with Crippen molar-refractivity contribution < 1.29 is 13.7 Å². The van der Waals surface area contributed by atoms with E-state index in [0.717, 1.165) is 18.1 Å². The molecule has 1 N–H and O–H groups in total. The topological polar surface area (TPSA) is 55.1 Å². The Morgan fingerprint density at radius 2 is 1.96 bits per heavy atom. The molecule has 1 aromatic heterocycles. The molecule has 4 nitrogen and oxygen atoms in total. The van der Waals surface area contributed by atoms with Crippen molar-refractivity contribution in [2.24, 2.45) is 0 Å². The molecule has 1 amide bonds. The Kier molecular flexibility index (Phi) is 4.76. The van der Waals surface area contributed by atoms with Crippen molar-refractivity contribution in [1.82, 2.24) is 5.16 Å². The molecule has 0 aliphatic rings. The van der Waals surface area contributed by atoms with Gasteiger partial charge in [0.2, 0.25) is 5.88 Å². The number of benzene rings is 2. The molecule has 3 rings (SSSR count). The van der Waals surface area contributed by atoms with E-state index in [1.807, 2.05) is 24.3 Å². The van der Waals surface area contributed by atoms with Gasteiger partial charge in [-0.25, -0.2) is 4.39 Å². The van der Waals surface area contributed by atoms with Crippen LogP contribution >= 0.6 is 15.9 Å². The minimum absolute atomic E-state index is 0.181. The van der Waals surface area contributed by atoms with Crippen molar-refractivity contribution in [2.45, 2.75) is 13.3 Å². The lowest BCUT2D eigenvalue weighted by atomic mass is 10.1. The maximum atomic E-state index is 13.3. The first-order valence-electron chi connectivity index (χ1n) is 7.39. The van der Waals surface area contributed by atoms with E-state index in [0.29, 0.717) is 10.2 Å². The van der Waals surface area contributed by atoms with Crippen LogP contribution in [0.4, 0.5) is 10.3 Å². The molecule has 0 fully saturated rings. The lowest BCUT2D eigenvalue weighted by Crippen LogP contribution is -2.12. The zero-order valence-corrected chi connectivity index (χ0v) is 14.4. The largest absolute Gasteiger partial charge is 0.338 e. The average Bonchev–Trinajstić information content (AvgIpc) is 3.05. The van der Waals surface area contributed by atoms with Gasteiger partial charge in [0.25, 0.3) is 5.91 Å². The quantitative estimate of drug-likeness (QED) is 0.679. The third-order valence-electron chi connectivity index (χ3n) is 3.58. The van der Waals surface area contributed by atoms with Crippen LogP contribution in [0.25, 0.3) is 11.3 Å². The molecular weight excluding hydrogens is 375 g/mol. The van der Waals surface area contributed by atoms with Crippen LogP contribution < -0.4 is 5.32 Å². The molecule has 0 atom stereocenters. The molecule has 0 saturated heterocycles. The fraction of sp³-hybridized carbons (Fsp3) is 0.111. The number of nitrogens with zero attached hydrogens (tertiary/aromatic N) is 1. The van der Waals surface area contributed by atoms with Gasteiger partial charge in [0.05, 0.1) is 5.56 Å². The van der Waals surface area contributed by atoms with E-state index in [1.54, 1.807) is 6.07 Å². The molecule has 2 aromatic carbocycles. The summed E-state index contributed by atoms with van der Waals surface area (Å²) >= 11 is 3.23. The van der Waals surface area contributed by atoms with E-state index in [-0.39, 0.29) is 11.4 Å². The summed E-state index contributed by atoms with van der Waals surface area (Å²) in [4.78, 5) is 12.2. The number of hydrogen-bond donors (Lipinski definition) is 1. The predicted molar refractivity (Wildman–Crippen MR) is 93.4 cm³/mol. The van der Waals surface area contributed by atoms with Crippen molar-refractivity contribution in [3.05, 3.63) is 69.9 Å². The molecule has 1 heterocycles. The second kappa shape index (κ2) is 6.97. The summed E-state index contributed by atoms with van der Waals surface area (Å²) in [5, 5.41) is 6.53. The minimum Gasteiger partial charge on any atom is -0.338 e. The lowest BCUT2D eigenvalue weighted by molar-refractivity contribution is 0.102. The average molecular weight is 389 g/mol. The Bertz CT molecular complexity index is 875. The Balaban J connectivity index is 1.78. The zero-order chi connectivity index (χ0) is 17.1. The Morgan fingerprint density at radius 3 is 2.67 bits per heavy atom. The molecule has 0 saturated carbocycles. The summed E-state index contributed by atoms with van der Waals surface area (Å²) in [7, 11) is 0. The molecule has 3 aromatic rings. The standard InChI is InChI=1S/C18H14BrFN2O2/c1-2-11-3-5-12(6-4-11)16-10-17(24-22-16)21-18(23)14-9-13(20)7-8-15(14)19/h3-10H,2H2,1H3,(H,21,23). The van der Waals surface area contributed by atoms with Crippen LogP contribution in [-0.4, -0.2) is 11.1 Å². The summed E-state index contributed by atoms with van der Waals surface area (Å²) in [6, 6.07) is 13.5. The number of halogens is 2. The highest BCUT2D eigenvalue weighted by atomic mass is 79.9. The van der Waals surface area contributed by atoms with Crippen molar-refractivity contribution in [3.63, 3.8) is 0 Å². The molecule has 0 radical (unpaired) electrons. The van der Waals surface area contributed by atoms with Gasteiger partial charge in [-0.3, -0.25) is 10.1 Å². The van der Waals surface area contributed by atoms with Gasteiger partial charge in [-0.2, -0.15) is 0 Å². The highest BCUT2D eigenvalue weighted by molar-refractivity contribution is 9.10. The fourth-order valence-corrected chi connectivity index (χ4v) is 2.66. The van der Waals surface area contributed by atoms with Gasteiger partial charge in [0.1, 0.15) is 11.5 Å². The number of carbonyl (C=O) groups is 1. The maximum absolute atomic E-state index is 13.3. The maximum Gasteiger partial charge on any atom is 0.259 e. The number of aryl methyl sites for hydroxylation is 1. The molecule has 24 heavy (non-hydrogen) atoms. The van der Waals surface area contributed by atoms with Gasteiger partial charge in [-0.1, -0.05) is 36.3 Å². The number of rotatable bonds is 4. The SMILES string of the molecule is CCc1ccc(-c2cc(NC(=O)c3cc(F)ccc3Br)on2)cc1. The van der Waals surface area contributed by atoms with Gasteiger partial charge in [-0.15, -0.1) is 0 Å². The molecule has 0 unspecified atom stereocenters. The van der Waals surface area contributed by atoms with Crippen molar-refractivity contribution >= 4 is 27.7 Å². The van der Waals surface area contributed by atoms with Crippen LogP contribution in [-0.2, 0) is 6.42 Å². The van der Waals surface area contributed by atoms with Gasteiger partial charge in [0.15, 0.2) is 0 Å². The summed E-state index contributed by atoms with van der Waals surface area (Å²) in [5.74, 6) is -0.770. The second-order valence-corrected chi connectivity index (χ2v) is 6.06. The fourth-order valence-electron chi connectivity index (χ4n) is 2.23. The van der Waals surface area contributed by atoms with Gasteiger partial charge >= 0.3 is 0 Å². The number of amides is 1.